The lowest BCUT2D eigenvalue weighted by atomic mass is 10.2. The maximum atomic E-state index is 12.7. The second kappa shape index (κ2) is 7.82. The van der Waals surface area contributed by atoms with Crippen LogP contribution in [0.3, 0.4) is 0 Å². The van der Waals surface area contributed by atoms with E-state index in [1.807, 2.05) is 0 Å². The second-order valence-electron chi connectivity index (χ2n) is 3.85. The highest BCUT2D eigenvalue weighted by Gasteiger charge is 2.36. The standard InChI is InChI=1S/C11H15F3N2O2S.ClH/c1-15-7-4-8-16-19(17,18)10-6-3-2-5-9(10)11(12,13)14;/h2-3,5-6,15-16H,4,7-8H2,1H3;1H. The Morgan fingerprint density at radius 1 is 1.15 bits per heavy atom. The predicted molar refractivity (Wildman–Crippen MR) is 72.4 cm³/mol. The highest BCUT2D eigenvalue weighted by Crippen LogP contribution is 2.33. The molecule has 1 aromatic carbocycles. The van der Waals surface area contributed by atoms with Gasteiger partial charge in [-0.1, -0.05) is 12.1 Å². The van der Waals surface area contributed by atoms with Crippen molar-refractivity contribution in [1.29, 1.82) is 0 Å². The monoisotopic (exact) mass is 332 g/mol. The Morgan fingerprint density at radius 3 is 2.30 bits per heavy atom. The molecule has 0 fully saturated rings. The Morgan fingerprint density at radius 2 is 1.75 bits per heavy atom. The highest BCUT2D eigenvalue weighted by molar-refractivity contribution is 7.89. The molecule has 4 nitrogen and oxygen atoms in total. The Labute approximate surface area is 122 Å². The van der Waals surface area contributed by atoms with Gasteiger partial charge in [-0.25, -0.2) is 13.1 Å². The van der Waals surface area contributed by atoms with Crippen molar-refractivity contribution in [1.82, 2.24) is 10.0 Å². The van der Waals surface area contributed by atoms with Crippen molar-refractivity contribution < 1.29 is 21.6 Å². The molecular formula is C11H16ClF3N2O2S. The van der Waals surface area contributed by atoms with Crippen LogP contribution in [-0.2, 0) is 16.2 Å². The number of hydrogen-bond acceptors (Lipinski definition) is 3. The van der Waals surface area contributed by atoms with E-state index >= 15 is 0 Å². The number of nitrogens with one attached hydrogen (secondary N) is 2. The largest absolute Gasteiger partial charge is 0.417 e. The van der Waals surface area contributed by atoms with Gasteiger partial charge in [0, 0.05) is 6.54 Å². The van der Waals surface area contributed by atoms with E-state index < -0.39 is 26.7 Å². The lowest BCUT2D eigenvalue weighted by molar-refractivity contribution is -0.139. The number of alkyl halides is 3. The predicted octanol–water partition coefficient (Wildman–Crippen LogP) is 2.02. The van der Waals surface area contributed by atoms with E-state index in [-0.39, 0.29) is 19.0 Å². The van der Waals surface area contributed by atoms with E-state index in [1.54, 1.807) is 7.05 Å². The van der Waals surface area contributed by atoms with Crippen LogP contribution in [0.15, 0.2) is 29.2 Å². The summed E-state index contributed by atoms with van der Waals surface area (Å²) in [6.07, 6.45) is -4.21. The van der Waals surface area contributed by atoms with Crippen LogP contribution in [0.2, 0.25) is 0 Å². The number of halogens is 4. The van der Waals surface area contributed by atoms with Crippen molar-refractivity contribution in [3.63, 3.8) is 0 Å². The molecule has 0 saturated carbocycles. The van der Waals surface area contributed by atoms with E-state index in [2.05, 4.69) is 10.0 Å². The summed E-state index contributed by atoms with van der Waals surface area (Å²) in [5, 5.41) is 2.81. The van der Waals surface area contributed by atoms with E-state index in [4.69, 9.17) is 0 Å². The van der Waals surface area contributed by atoms with Gasteiger partial charge in [0.2, 0.25) is 10.0 Å². The molecule has 2 N–H and O–H groups in total. The van der Waals surface area contributed by atoms with Gasteiger partial charge in [-0.15, -0.1) is 12.4 Å². The molecule has 0 unspecified atom stereocenters. The third-order valence-electron chi connectivity index (χ3n) is 2.38. The van der Waals surface area contributed by atoms with Crippen LogP contribution in [0.1, 0.15) is 12.0 Å². The fourth-order valence-electron chi connectivity index (χ4n) is 1.48. The van der Waals surface area contributed by atoms with Crippen molar-refractivity contribution in [2.75, 3.05) is 20.1 Å². The average Bonchev–Trinajstić information content (AvgIpc) is 2.34. The quantitative estimate of drug-likeness (QED) is 0.784. The maximum Gasteiger partial charge on any atom is 0.417 e. The summed E-state index contributed by atoms with van der Waals surface area (Å²) in [6.45, 7) is 0.652. The first-order chi connectivity index (χ1) is 8.79. The second-order valence-corrected chi connectivity index (χ2v) is 5.58. The van der Waals surface area contributed by atoms with Gasteiger partial charge in [0.15, 0.2) is 0 Å². The summed E-state index contributed by atoms with van der Waals surface area (Å²) in [7, 11) is -2.45. The van der Waals surface area contributed by atoms with Gasteiger partial charge in [-0.2, -0.15) is 13.2 Å². The SMILES string of the molecule is CNCCCNS(=O)(=O)c1ccccc1C(F)(F)F.Cl. The third kappa shape index (κ3) is 5.28. The summed E-state index contributed by atoms with van der Waals surface area (Å²) in [6, 6.07) is 4.12. The van der Waals surface area contributed by atoms with Crippen molar-refractivity contribution in [3.05, 3.63) is 29.8 Å². The molecule has 0 amide bonds. The number of sulfonamides is 1. The van der Waals surface area contributed by atoms with Crippen LogP contribution in [-0.4, -0.2) is 28.6 Å². The molecule has 0 atom stereocenters. The summed E-state index contributed by atoms with van der Waals surface area (Å²) in [5.74, 6) is 0. The molecule has 0 spiro atoms. The zero-order valence-electron chi connectivity index (χ0n) is 10.7. The van der Waals surface area contributed by atoms with Crippen molar-refractivity contribution >= 4 is 22.4 Å². The summed E-state index contributed by atoms with van der Waals surface area (Å²) in [5.41, 5.74) is -1.16. The van der Waals surface area contributed by atoms with E-state index in [1.165, 1.54) is 6.07 Å². The van der Waals surface area contributed by atoms with Crippen LogP contribution in [0.5, 0.6) is 0 Å². The fourth-order valence-corrected chi connectivity index (χ4v) is 2.78. The average molecular weight is 333 g/mol. The molecule has 1 rings (SSSR count). The lowest BCUT2D eigenvalue weighted by Gasteiger charge is -2.13. The van der Waals surface area contributed by atoms with E-state index in [0.29, 0.717) is 13.0 Å². The third-order valence-corrected chi connectivity index (χ3v) is 3.90. The lowest BCUT2D eigenvalue weighted by Crippen LogP contribution is -2.28. The fraction of sp³-hybridized carbons (Fsp3) is 0.455. The molecular weight excluding hydrogens is 317 g/mol. The first kappa shape index (κ1) is 19.2. The number of hydrogen-bond donors (Lipinski definition) is 2. The van der Waals surface area contributed by atoms with Gasteiger partial charge in [0.05, 0.1) is 10.5 Å². The van der Waals surface area contributed by atoms with Crippen LogP contribution >= 0.6 is 12.4 Å². The van der Waals surface area contributed by atoms with Crippen LogP contribution < -0.4 is 10.0 Å². The summed E-state index contributed by atoms with van der Waals surface area (Å²) < 4.78 is 64.0. The minimum atomic E-state index is -4.70. The molecule has 1 aromatic rings. The molecule has 0 aliphatic carbocycles. The van der Waals surface area contributed by atoms with Gasteiger partial charge in [-0.05, 0) is 32.1 Å². The van der Waals surface area contributed by atoms with Gasteiger partial charge in [-0.3, -0.25) is 0 Å². The first-order valence-electron chi connectivity index (χ1n) is 5.59. The summed E-state index contributed by atoms with van der Waals surface area (Å²) in [4.78, 5) is -0.744. The molecule has 0 heterocycles. The van der Waals surface area contributed by atoms with Crippen molar-refractivity contribution in [2.45, 2.75) is 17.5 Å². The van der Waals surface area contributed by atoms with Gasteiger partial charge < -0.3 is 5.32 Å². The van der Waals surface area contributed by atoms with Crippen LogP contribution in [0.25, 0.3) is 0 Å². The Kier molecular flexibility index (Phi) is 7.50. The maximum absolute atomic E-state index is 12.7. The zero-order chi connectivity index (χ0) is 14.5. The van der Waals surface area contributed by atoms with Crippen LogP contribution in [0.4, 0.5) is 13.2 Å². The molecule has 20 heavy (non-hydrogen) atoms. The molecule has 0 radical (unpaired) electrons. The van der Waals surface area contributed by atoms with Gasteiger partial charge in [0.25, 0.3) is 0 Å². The minimum Gasteiger partial charge on any atom is -0.320 e. The Balaban J connectivity index is 0.00000361. The highest BCUT2D eigenvalue weighted by atomic mass is 35.5. The molecule has 116 valence electrons. The van der Waals surface area contributed by atoms with Gasteiger partial charge in [0.1, 0.15) is 0 Å². The minimum absolute atomic E-state index is 0. The molecule has 9 heteroatoms. The topological polar surface area (TPSA) is 58.2 Å². The molecule has 0 bridgehead atoms. The summed E-state index contributed by atoms with van der Waals surface area (Å²) >= 11 is 0. The number of benzene rings is 1. The normalized spacial score (nSPS) is 12.0. The molecule has 0 aliphatic rings. The molecule has 0 aromatic heterocycles. The Bertz CT molecular complexity index is 521. The van der Waals surface area contributed by atoms with Gasteiger partial charge >= 0.3 is 6.18 Å². The smallest absolute Gasteiger partial charge is 0.320 e. The van der Waals surface area contributed by atoms with E-state index in [9.17, 15) is 21.6 Å². The van der Waals surface area contributed by atoms with Crippen molar-refractivity contribution in [3.8, 4) is 0 Å². The van der Waals surface area contributed by atoms with E-state index in [0.717, 1.165) is 18.2 Å². The molecule has 0 saturated heterocycles. The first-order valence-corrected chi connectivity index (χ1v) is 7.08. The van der Waals surface area contributed by atoms with Crippen molar-refractivity contribution in [2.24, 2.45) is 0 Å². The Hall–Kier alpha value is -0.830. The number of rotatable bonds is 6. The van der Waals surface area contributed by atoms with Crippen LogP contribution in [0, 0.1) is 0 Å². The molecule has 0 aliphatic heterocycles. The zero-order valence-corrected chi connectivity index (χ0v) is 12.3.